The Labute approximate surface area is 178 Å². The van der Waals surface area contributed by atoms with Crippen LogP contribution in [-0.4, -0.2) is 52.7 Å². The molecule has 1 aromatic carbocycles. The molecule has 2 aliphatic heterocycles. The first-order chi connectivity index (χ1) is 14.6. The number of rotatable bonds is 3. The van der Waals surface area contributed by atoms with E-state index in [1.54, 1.807) is 24.5 Å². The van der Waals surface area contributed by atoms with Gasteiger partial charge in [0, 0.05) is 49.8 Å². The average Bonchev–Trinajstić information content (AvgIpc) is 3.19. The van der Waals surface area contributed by atoms with Crippen molar-refractivity contribution in [1.29, 1.82) is 0 Å². The number of piperidine rings is 1. The van der Waals surface area contributed by atoms with E-state index in [1.165, 1.54) is 11.3 Å². The molecule has 3 aliphatic rings. The van der Waals surface area contributed by atoms with E-state index in [0.29, 0.717) is 5.41 Å². The van der Waals surface area contributed by atoms with E-state index in [4.69, 9.17) is 0 Å². The van der Waals surface area contributed by atoms with Crippen LogP contribution in [-0.2, 0) is 6.42 Å². The molecule has 3 heterocycles. The lowest BCUT2D eigenvalue weighted by Crippen LogP contribution is -2.50. The molecule has 2 fully saturated rings. The van der Waals surface area contributed by atoms with Crippen LogP contribution in [0.4, 0.5) is 5.69 Å². The van der Waals surface area contributed by atoms with Gasteiger partial charge < -0.3 is 14.9 Å². The van der Waals surface area contributed by atoms with Crippen molar-refractivity contribution in [3.63, 3.8) is 0 Å². The summed E-state index contributed by atoms with van der Waals surface area (Å²) >= 11 is 0. The number of amides is 1. The Kier molecular flexibility index (Phi) is 5.02. The van der Waals surface area contributed by atoms with Crippen LogP contribution in [0.5, 0.6) is 0 Å². The highest BCUT2D eigenvalue weighted by molar-refractivity contribution is 5.94. The number of pyridine rings is 1. The maximum Gasteiger partial charge on any atom is 0.253 e. The Morgan fingerprint density at radius 1 is 0.933 bits per heavy atom. The van der Waals surface area contributed by atoms with Crippen LogP contribution < -0.4 is 4.90 Å². The molecular formula is C25H31N3O2. The Balaban J connectivity index is 1.17. The van der Waals surface area contributed by atoms with Gasteiger partial charge in [-0.3, -0.25) is 9.78 Å². The van der Waals surface area contributed by atoms with E-state index >= 15 is 0 Å². The topological polar surface area (TPSA) is 56.7 Å². The highest BCUT2D eigenvalue weighted by Crippen LogP contribution is 2.48. The molecule has 5 rings (SSSR count). The van der Waals surface area contributed by atoms with Crippen LogP contribution in [0.2, 0.25) is 0 Å². The molecule has 1 saturated heterocycles. The number of aromatic nitrogens is 1. The van der Waals surface area contributed by atoms with Crippen molar-refractivity contribution >= 4 is 11.6 Å². The molecule has 5 heteroatoms. The number of hydrogen-bond donors (Lipinski definition) is 1. The molecule has 1 amide bonds. The lowest BCUT2D eigenvalue weighted by molar-refractivity contribution is -0.0444. The molecule has 5 nitrogen and oxygen atoms in total. The van der Waals surface area contributed by atoms with Gasteiger partial charge in [0.25, 0.3) is 5.91 Å². The smallest absolute Gasteiger partial charge is 0.253 e. The summed E-state index contributed by atoms with van der Waals surface area (Å²) in [4.78, 5) is 21.1. The first-order valence-electron chi connectivity index (χ1n) is 11.3. The number of likely N-dealkylation sites (tertiary alicyclic amines) is 1. The second-order valence-electron chi connectivity index (χ2n) is 9.55. The molecule has 1 aromatic heterocycles. The van der Waals surface area contributed by atoms with Crippen LogP contribution in [0.3, 0.4) is 0 Å². The highest BCUT2D eigenvalue weighted by Gasteiger charge is 2.44. The SMILES string of the molecule is O=C(c1ccncc1)N1CCC2(CC1)CCC(O)(CN1CCc3ccccc31)CC2. The van der Waals surface area contributed by atoms with Crippen molar-refractivity contribution < 1.29 is 9.90 Å². The normalized spacial score (nSPS) is 22.2. The molecule has 30 heavy (non-hydrogen) atoms. The standard InChI is InChI=1S/C25H31N3O2/c29-23(21-5-14-26-15-6-21)27-17-12-24(13-18-27)8-10-25(30,11-9-24)19-28-16-7-20-3-1-2-4-22(20)28/h1-6,14-15,30H,7-13,16-19H2. The minimum atomic E-state index is -0.591. The maximum absolute atomic E-state index is 12.7. The summed E-state index contributed by atoms with van der Waals surface area (Å²) in [6.07, 6.45) is 10.4. The first kappa shape index (κ1) is 19.6. The number of β-amino-alcohol motifs (C(OH)–C–C–N with tert-alkyl or cyclic N) is 1. The van der Waals surface area contributed by atoms with Crippen LogP contribution in [0, 0.1) is 5.41 Å². The zero-order valence-electron chi connectivity index (χ0n) is 17.6. The van der Waals surface area contributed by atoms with E-state index in [-0.39, 0.29) is 5.91 Å². The molecule has 2 aromatic rings. The molecule has 1 saturated carbocycles. The van der Waals surface area contributed by atoms with Gasteiger partial charge in [0.2, 0.25) is 0 Å². The van der Waals surface area contributed by atoms with Crippen LogP contribution in [0.15, 0.2) is 48.8 Å². The monoisotopic (exact) mass is 405 g/mol. The number of nitrogens with zero attached hydrogens (tertiary/aromatic N) is 3. The third-order valence-electron chi connectivity index (χ3n) is 7.75. The van der Waals surface area contributed by atoms with Crippen LogP contribution >= 0.6 is 0 Å². The number of fused-ring (bicyclic) bond motifs is 1. The summed E-state index contributed by atoms with van der Waals surface area (Å²) in [5.41, 5.74) is 3.13. The zero-order valence-corrected chi connectivity index (χ0v) is 17.6. The Morgan fingerprint density at radius 3 is 2.37 bits per heavy atom. The first-order valence-corrected chi connectivity index (χ1v) is 11.3. The van der Waals surface area contributed by atoms with Crippen LogP contribution in [0.1, 0.15) is 54.4 Å². The summed E-state index contributed by atoms with van der Waals surface area (Å²) in [6.45, 7) is 3.39. The molecule has 0 atom stereocenters. The Morgan fingerprint density at radius 2 is 1.63 bits per heavy atom. The van der Waals surface area contributed by atoms with Crippen LogP contribution in [0.25, 0.3) is 0 Å². The predicted molar refractivity (Wildman–Crippen MR) is 118 cm³/mol. The van der Waals surface area contributed by atoms with Gasteiger partial charge in [-0.2, -0.15) is 0 Å². The highest BCUT2D eigenvalue weighted by atomic mass is 16.3. The molecule has 0 radical (unpaired) electrons. The third-order valence-corrected chi connectivity index (χ3v) is 7.75. The van der Waals surface area contributed by atoms with E-state index in [9.17, 15) is 9.90 Å². The fourth-order valence-corrected chi connectivity index (χ4v) is 5.69. The van der Waals surface area contributed by atoms with E-state index in [1.807, 2.05) is 4.90 Å². The minimum Gasteiger partial charge on any atom is -0.388 e. The quantitative estimate of drug-likeness (QED) is 0.847. The summed E-state index contributed by atoms with van der Waals surface area (Å²) in [5, 5.41) is 11.3. The van der Waals surface area contributed by atoms with Gasteiger partial charge in [-0.05, 0) is 74.1 Å². The second kappa shape index (κ2) is 7.69. The third kappa shape index (κ3) is 3.71. The molecule has 0 unspecified atom stereocenters. The van der Waals surface area contributed by atoms with Crippen molar-refractivity contribution in [3.05, 3.63) is 59.9 Å². The Hall–Kier alpha value is -2.40. The molecular weight excluding hydrogens is 374 g/mol. The van der Waals surface area contributed by atoms with Crippen molar-refractivity contribution in [3.8, 4) is 0 Å². The number of anilines is 1. The molecule has 1 aliphatic carbocycles. The maximum atomic E-state index is 12.7. The van der Waals surface area contributed by atoms with Crippen molar-refractivity contribution in [2.45, 2.75) is 50.5 Å². The van der Waals surface area contributed by atoms with Gasteiger partial charge in [-0.25, -0.2) is 0 Å². The number of hydrogen-bond acceptors (Lipinski definition) is 4. The lowest BCUT2D eigenvalue weighted by atomic mass is 9.64. The molecule has 1 spiro atoms. The second-order valence-corrected chi connectivity index (χ2v) is 9.55. The molecule has 158 valence electrons. The van der Waals surface area contributed by atoms with Crippen molar-refractivity contribution in [1.82, 2.24) is 9.88 Å². The van der Waals surface area contributed by atoms with Gasteiger partial charge in [-0.15, -0.1) is 0 Å². The van der Waals surface area contributed by atoms with Gasteiger partial charge in [-0.1, -0.05) is 18.2 Å². The van der Waals surface area contributed by atoms with Gasteiger partial charge >= 0.3 is 0 Å². The summed E-state index contributed by atoms with van der Waals surface area (Å²) in [5.74, 6) is 0.118. The molecule has 0 bridgehead atoms. The number of carbonyl (C=O) groups excluding carboxylic acids is 1. The lowest BCUT2D eigenvalue weighted by Gasteiger charge is -2.49. The predicted octanol–water partition coefficient (Wildman–Crippen LogP) is 3.67. The van der Waals surface area contributed by atoms with E-state index in [2.05, 4.69) is 34.1 Å². The van der Waals surface area contributed by atoms with Crippen molar-refractivity contribution in [2.75, 3.05) is 31.1 Å². The van der Waals surface area contributed by atoms with Crippen molar-refractivity contribution in [2.24, 2.45) is 5.41 Å². The number of carbonyl (C=O) groups is 1. The number of para-hydroxylation sites is 1. The Bertz CT molecular complexity index is 896. The molecule has 1 N–H and O–H groups in total. The van der Waals surface area contributed by atoms with Gasteiger partial charge in [0.15, 0.2) is 0 Å². The van der Waals surface area contributed by atoms with E-state index < -0.39 is 5.60 Å². The largest absolute Gasteiger partial charge is 0.388 e. The summed E-state index contributed by atoms with van der Waals surface area (Å²) in [6, 6.07) is 12.2. The zero-order chi connectivity index (χ0) is 20.6. The average molecular weight is 406 g/mol. The van der Waals surface area contributed by atoms with Gasteiger partial charge in [0.1, 0.15) is 0 Å². The number of benzene rings is 1. The van der Waals surface area contributed by atoms with Gasteiger partial charge in [0.05, 0.1) is 5.60 Å². The summed E-state index contributed by atoms with van der Waals surface area (Å²) < 4.78 is 0. The fourth-order valence-electron chi connectivity index (χ4n) is 5.69. The fraction of sp³-hybridized carbons (Fsp3) is 0.520. The number of aliphatic hydroxyl groups is 1. The van der Waals surface area contributed by atoms with E-state index in [0.717, 1.165) is 76.7 Å². The summed E-state index contributed by atoms with van der Waals surface area (Å²) in [7, 11) is 0. The minimum absolute atomic E-state index is 0.118.